The van der Waals surface area contributed by atoms with Gasteiger partial charge in [0.15, 0.2) is 12.4 Å². The molecule has 0 aromatic rings. The van der Waals surface area contributed by atoms with Gasteiger partial charge in [0.2, 0.25) is 0 Å². The van der Waals surface area contributed by atoms with Gasteiger partial charge in [0, 0.05) is 12.8 Å². The molecule has 87 heavy (non-hydrogen) atoms. The predicted molar refractivity (Wildman–Crippen MR) is 370 cm³/mol. The van der Waals surface area contributed by atoms with Crippen LogP contribution in [-0.2, 0) is 33.3 Å². The first-order valence-corrected chi connectivity index (χ1v) is 34.3. The molecule has 490 valence electrons. The molecule has 0 fully saturated rings. The van der Waals surface area contributed by atoms with E-state index in [-0.39, 0.29) is 38.6 Å². The number of nitrogens with zero attached hydrogens (tertiary/aromatic N) is 1. The van der Waals surface area contributed by atoms with E-state index in [1.807, 2.05) is 21.1 Å². The molecular formula is C78H125NO8. The Bertz CT molecular complexity index is 2030. The van der Waals surface area contributed by atoms with Crippen molar-refractivity contribution in [3.63, 3.8) is 0 Å². The second kappa shape index (κ2) is 66.6. The van der Waals surface area contributed by atoms with E-state index in [1.54, 1.807) is 0 Å². The van der Waals surface area contributed by atoms with E-state index in [2.05, 4.69) is 184 Å². The first kappa shape index (κ1) is 81.7. The van der Waals surface area contributed by atoms with Crippen molar-refractivity contribution in [2.75, 3.05) is 47.5 Å². The van der Waals surface area contributed by atoms with Crippen LogP contribution in [0, 0.1) is 0 Å². The first-order chi connectivity index (χ1) is 42.6. The monoisotopic (exact) mass is 1200 g/mol. The number of rotatable bonds is 61. The minimum Gasteiger partial charge on any atom is -0.545 e. The molecule has 2 atom stereocenters. The predicted octanol–water partition coefficient (Wildman–Crippen LogP) is 20.1. The number of quaternary nitrogens is 1. The van der Waals surface area contributed by atoms with Crippen LogP contribution >= 0.6 is 0 Å². The Morgan fingerprint density at radius 2 is 0.655 bits per heavy atom. The normalized spacial score (nSPS) is 13.8. The Morgan fingerprint density at radius 3 is 1.00 bits per heavy atom. The van der Waals surface area contributed by atoms with Crippen LogP contribution in [0.4, 0.5) is 0 Å². The van der Waals surface area contributed by atoms with Gasteiger partial charge in [-0.05, 0) is 135 Å². The van der Waals surface area contributed by atoms with Gasteiger partial charge in [-0.2, -0.15) is 0 Å². The zero-order chi connectivity index (χ0) is 63.3. The molecule has 9 heteroatoms. The molecule has 0 aromatic carbocycles. The van der Waals surface area contributed by atoms with E-state index in [0.717, 1.165) is 122 Å². The first-order valence-electron chi connectivity index (χ1n) is 34.3. The Kier molecular flexibility index (Phi) is 62.5. The molecule has 9 nitrogen and oxygen atoms in total. The third-order valence-electron chi connectivity index (χ3n) is 13.9. The minimum atomic E-state index is -1.65. The standard InChI is InChI=1S/C78H125NO8/c1-6-8-10-12-14-16-18-20-22-24-26-28-30-31-32-33-34-35-36-37-38-39-40-41-42-43-44-45-47-49-51-53-55-57-59-61-63-65-67-69-76(81)87-74(73-86-78(77(82)83)84-71-70-79(3,4)5)72-85-75(80)68-66-64-62-60-58-56-54-52-50-48-46-29-27-25-23-21-19-17-15-13-11-9-7-2/h8,10,14,16,19-22,25-28,31-32,34-35,37-38,40-41,43-44,47,49,53,55,59,61,74,78H,6-7,9,11-13,15,17-18,23-24,29-30,33,36,39,42,45-46,48,50-52,54,56-58,60,62-73H2,1-5H3/b10-8-,16-14-,21-19-,22-20-,27-25-,28-26-,32-31-,35-34-,38-37-,41-40-,44-43-,49-47-,55-53-,61-59-. The lowest BCUT2D eigenvalue weighted by molar-refractivity contribution is -0.870. The van der Waals surface area contributed by atoms with Gasteiger partial charge in [-0.25, -0.2) is 0 Å². The summed E-state index contributed by atoms with van der Waals surface area (Å²) >= 11 is 0. The van der Waals surface area contributed by atoms with E-state index in [9.17, 15) is 19.5 Å². The molecule has 0 bridgehead atoms. The summed E-state index contributed by atoms with van der Waals surface area (Å²) in [5, 5.41) is 11.8. The molecule has 0 rings (SSSR count). The molecule has 0 heterocycles. The van der Waals surface area contributed by atoms with Gasteiger partial charge in [-0.3, -0.25) is 9.59 Å². The fourth-order valence-corrected chi connectivity index (χ4v) is 8.72. The number of allylic oxidation sites excluding steroid dienone is 28. The number of carbonyl (C=O) groups excluding carboxylic acids is 3. The van der Waals surface area contributed by atoms with Crippen LogP contribution in [0.25, 0.3) is 0 Å². The minimum absolute atomic E-state index is 0.130. The average Bonchev–Trinajstić information content (AvgIpc) is 3.55. The lowest BCUT2D eigenvalue weighted by atomic mass is 10.0. The van der Waals surface area contributed by atoms with Crippen molar-refractivity contribution in [3.05, 3.63) is 170 Å². The summed E-state index contributed by atoms with van der Waals surface area (Å²) in [6, 6.07) is 0. The van der Waals surface area contributed by atoms with E-state index < -0.39 is 24.3 Å². The van der Waals surface area contributed by atoms with E-state index in [0.29, 0.717) is 17.4 Å². The Hall–Kier alpha value is -5.35. The van der Waals surface area contributed by atoms with Crippen molar-refractivity contribution in [2.24, 2.45) is 0 Å². The van der Waals surface area contributed by atoms with Crippen LogP contribution in [0.3, 0.4) is 0 Å². The number of unbranched alkanes of at least 4 members (excludes halogenated alkanes) is 18. The highest BCUT2D eigenvalue weighted by atomic mass is 16.7. The molecule has 0 amide bonds. The number of aliphatic carboxylic acids is 1. The van der Waals surface area contributed by atoms with Crippen molar-refractivity contribution in [2.45, 2.75) is 257 Å². The molecule has 0 aliphatic carbocycles. The fourth-order valence-electron chi connectivity index (χ4n) is 8.72. The summed E-state index contributed by atoms with van der Waals surface area (Å²) in [6.45, 7) is 4.56. The van der Waals surface area contributed by atoms with Crippen LogP contribution in [-0.4, -0.2) is 82.3 Å². The molecule has 0 radical (unpaired) electrons. The number of carboxylic acids is 1. The van der Waals surface area contributed by atoms with Crippen molar-refractivity contribution in [1.29, 1.82) is 0 Å². The summed E-state index contributed by atoms with van der Waals surface area (Å²) in [7, 11) is 5.90. The van der Waals surface area contributed by atoms with Gasteiger partial charge >= 0.3 is 11.9 Å². The van der Waals surface area contributed by atoms with E-state index in [1.165, 1.54) is 89.9 Å². The molecule has 0 aromatic heterocycles. The number of carboxylic acid groups (broad SMARTS) is 1. The van der Waals surface area contributed by atoms with Gasteiger partial charge in [0.05, 0.1) is 40.3 Å². The van der Waals surface area contributed by atoms with Crippen LogP contribution < -0.4 is 5.11 Å². The van der Waals surface area contributed by atoms with Gasteiger partial charge in [-0.15, -0.1) is 0 Å². The second-order valence-corrected chi connectivity index (χ2v) is 23.4. The molecule has 0 saturated heterocycles. The third-order valence-corrected chi connectivity index (χ3v) is 13.9. The van der Waals surface area contributed by atoms with Crippen molar-refractivity contribution >= 4 is 17.9 Å². The molecular weight excluding hydrogens is 1080 g/mol. The zero-order valence-corrected chi connectivity index (χ0v) is 55.8. The zero-order valence-electron chi connectivity index (χ0n) is 55.8. The molecule has 0 aliphatic rings. The maximum Gasteiger partial charge on any atom is 0.306 e. The second-order valence-electron chi connectivity index (χ2n) is 23.4. The van der Waals surface area contributed by atoms with Gasteiger partial charge < -0.3 is 33.3 Å². The SMILES string of the molecule is CC/C=C\C/C=C\C/C=C\C/C=C\C/C=C\C/C=C\C/C=C\C/C=C\C/C=C\C/C=C\C/C=C\C/C=C\CCCCC(=O)OC(COC(=O)CCCCCCCCCCCCC/C=C\C/C=C\CCCCCCC)COC(OCC[N+](C)(C)C)C(=O)[O-]. The number of ether oxygens (including phenoxy) is 4. The Balaban J connectivity index is 4.29. The summed E-state index contributed by atoms with van der Waals surface area (Å²) in [4.78, 5) is 37.4. The van der Waals surface area contributed by atoms with Gasteiger partial charge in [-0.1, -0.05) is 267 Å². The largest absolute Gasteiger partial charge is 0.545 e. The molecule has 0 saturated carbocycles. The van der Waals surface area contributed by atoms with Crippen molar-refractivity contribution < 1.29 is 42.9 Å². The van der Waals surface area contributed by atoms with E-state index >= 15 is 0 Å². The van der Waals surface area contributed by atoms with E-state index in [4.69, 9.17) is 18.9 Å². The highest BCUT2D eigenvalue weighted by molar-refractivity contribution is 5.70. The lowest BCUT2D eigenvalue weighted by Crippen LogP contribution is -2.44. The molecule has 2 unspecified atom stereocenters. The smallest absolute Gasteiger partial charge is 0.306 e. The van der Waals surface area contributed by atoms with Gasteiger partial charge in [0.25, 0.3) is 0 Å². The highest BCUT2D eigenvalue weighted by Gasteiger charge is 2.22. The van der Waals surface area contributed by atoms with Crippen molar-refractivity contribution in [3.8, 4) is 0 Å². The number of esters is 2. The van der Waals surface area contributed by atoms with Crippen LogP contribution in [0.1, 0.15) is 245 Å². The maximum absolute atomic E-state index is 12.9. The Labute approximate surface area is 533 Å². The third kappa shape index (κ3) is 68.0. The van der Waals surface area contributed by atoms with Crippen LogP contribution in [0.15, 0.2) is 170 Å². The summed E-state index contributed by atoms with van der Waals surface area (Å²) in [6.07, 6.45) is 97.1. The van der Waals surface area contributed by atoms with Crippen LogP contribution in [0.2, 0.25) is 0 Å². The maximum atomic E-state index is 12.9. The molecule has 0 aliphatic heterocycles. The molecule has 0 N–H and O–H groups in total. The summed E-state index contributed by atoms with van der Waals surface area (Å²) in [5.74, 6) is -2.36. The average molecular weight is 1200 g/mol. The topological polar surface area (TPSA) is 111 Å². The number of carbonyl (C=O) groups is 3. The van der Waals surface area contributed by atoms with Crippen LogP contribution in [0.5, 0.6) is 0 Å². The summed E-state index contributed by atoms with van der Waals surface area (Å²) < 4.78 is 22.7. The number of hydrogen-bond acceptors (Lipinski definition) is 8. The summed E-state index contributed by atoms with van der Waals surface area (Å²) in [5.41, 5.74) is 0. The molecule has 0 spiro atoms. The van der Waals surface area contributed by atoms with Crippen molar-refractivity contribution in [1.82, 2.24) is 0 Å². The Morgan fingerprint density at radius 1 is 0.356 bits per heavy atom. The van der Waals surface area contributed by atoms with Gasteiger partial charge in [0.1, 0.15) is 13.2 Å². The number of hydrogen-bond donors (Lipinski definition) is 0. The fraction of sp³-hybridized carbons (Fsp3) is 0.603. The number of likely N-dealkylation sites (N-methyl/N-ethyl adjacent to an activating group) is 1. The highest BCUT2D eigenvalue weighted by Crippen LogP contribution is 2.15. The lowest BCUT2D eigenvalue weighted by Gasteiger charge is -2.26. The quantitative estimate of drug-likeness (QED) is 0.0195.